The smallest absolute Gasteiger partial charge is 0.238 e. The van der Waals surface area contributed by atoms with E-state index in [2.05, 4.69) is 0 Å². The zero-order valence-electron chi connectivity index (χ0n) is 22.3. The van der Waals surface area contributed by atoms with E-state index in [1.54, 1.807) is 0 Å². The van der Waals surface area contributed by atoms with Crippen molar-refractivity contribution in [1.82, 2.24) is 0 Å². The minimum Gasteiger partial charge on any atom is -0.508 e. The molecule has 0 amide bonds. The van der Waals surface area contributed by atoms with Crippen molar-refractivity contribution in [2.24, 2.45) is 0 Å². The number of fused-ring (bicyclic) bond motifs is 1. The second kappa shape index (κ2) is 11.8. The van der Waals surface area contributed by atoms with E-state index in [0.29, 0.717) is 0 Å². The van der Waals surface area contributed by atoms with E-state index in [-0.39, 0.29) is 11.1 Å². The van der Waals surface area contributed by atoms with Crippen molar-refractivity contribution in [3.8, 4) is 40.1 Å². The van der Waals surface area contributed by atoms with Gasteiger partial charge in [0.1, 0.15) is 65.2 Å². The van der Waals surface area contributed by atoms with E-state index in [0.717, 1.165) is 24.3 Å². The zero-order valence-corrected chi connectivity index (χ0v) is 22.3. The van der Waals surface area contributed by atoms with Crippen molar-refractivity contribution in [2.45, 2.75) is 68.3 Å². The Morgan fingerprint density at radius 2 is 1.44 bits per heavy atom. The van der Waals surface area contributed by atoms with Gasteiger partial charge in [0.05, 0.1) is 12.7 Å². The van der Waals surface area contributed by atoms with Crippen LogP contribution in [0.15, 0.2) is 39.5 Å². The minimum absolute atomic E-state index is 0.00656. The average Bonchev–Trinajstić information content (AvgIpc) is 2.97. The first-order valence-electron chi connectivity index (χ1n) is 13.0. The Balaban J connectivity index is 1.42. The number of aliphatic hydroxyl groups is 6. The average molecular weight is 611 g/mol. The Morgan fingerprint density at radius 3 is 2.14 bits per heavy atom. The Morgan fingerprint density at radius 1 is 0.767 bits per heavy atom. The molecule has 0 bridgehead atoms. The number of aromatic hydroxyl groups is 4. The molecule has 0 spiro atoms. The molecular weight excluding hydrogens is 580 g/mol. The van der Waals surface area contributed by atoms with Crippen molar-refractivity contribution >= 4 is 11.0 Å². The number of hydrogen-bond acceptors (Lipinski definition) is 16. The third kappa shape index (κ3) is 5.67. The molecule has 2 aliphatic heterocycles. The zero-order chi connectivity index (χ0) is 31.3. The summed E-state index contributed by atoms with van der Waals surface area (Å²) in [7, 11) is 0. The number of phenolic OH excluding ortho intramolecular Hbond substituents is 3. The molecule has 3 heterocycles. The summed E-state index contributed by atoms with van der Waals surface area (Å²) in [6, 6.07) is 5.36. The highest BCUT2D eigenvalue weighted by Crippen LogP contribution is 2.39. The first kappa shape index (κ1) is 30.7. The van der Waals surface area contributed by atoms with Crippen molar-refractivity contribution in [3.63, 3.8) is 0 Å². The summed E-state index contributed by atoms with van der Waals surface area (Å²) in [5.41, 5.74) is -1.35. The molecule has 0 saturated carbocycles. The van der Waals surface area contributed by atoms with Gasteiger partial charge in [0.25, 0.3) is 0 Å². The molecule has 0 unspecified atom stereocenters. The van der Waals surface area contributed by atoms with Crippen LogP contribution in [0.1, 0.15) is 6.92 Å². The van der Waals surface area contributed by atoms with Gasteiger partial charge >= 0.3 is 0 Å². The van der Waals surface area contributed by atoms with E-state index >= 15 is 0 Å². The molecule has 16 nitrogen and oxygen atoms in total. The van der Waals surface area contributed by atoms with Crippen LogP contribution in [0.5, 0.6) is 28.7 Å². The van der Waals surface area contributed by atoms with E-state index in [9.17, 15) is 55.9 Å². The highest BCUT2D eigenvalue weighted by molar-refractivity contribution is 5.88. The lowest BCUT2D eigenvalue weighted by Crippen LogP contribution is -2.61. The fourth-order valence-electron chi connectivity index (χ4n) is 4.83. The van der Waals surface area contributed by atoms with Gasteiger partial charge in [-0.2, -0.15) is 0 Å². The SMILES string of the molecule is C[C@@H]1O[C@@H](OC[C@H]2O[C@@H](Oc3cc(O)cc4oc(-c5ccc(O)c(O)c5)c(O)c(=O)c34)[C@H](O)[C@@H](O)[C@@H]2O)[C@H](O)[C@H](O)[C@H]1O. The normalized spacial score (nSPS) is 33.0. The van der Waals surface area contributed by atoms with Crippen LogP contribution < -0.4 is 10.2 Å². The van der Waals surface area contributed by atoms with Crippen LogP contribution in [0, 0.1) is 0 Å². The lowest BCUT2D eigenvalue weighted by atomic mass is 9.98. The van der Waals surface area contributed by atoms with Crippen LogP contribution in [0.25, 0.3) is 22.3 Å². The van der Waals surface area contributed by atoms with Crippen LogP contribution in [0.2, 0.25) is 0 Å². The van der Waals surface area contributed by atoms with E-state index in [1.165, 1.54) is 13.0 Å². The molecule has 16 heteroatoms. The number of benzene rings is 2. The molecule has 0 aliphatic carbocycles. The predicted octanol–water partition coefficient (Wildman–Crippen LogP) is -1.69. The van der Waals surface area contributed by atoms with Crippen LogP contribution in [-0.2, 0) is 14.2 Å². The summed E-state index contributed by atoms with van der Waals surface area (Å²) in [6.07, 6.45) is -15.8. The minimum atomic E-state index is -1.91. The summed E-state index contributed by atoms with van der Waals surface area (Å²) in [5.74, 6) is -3.30. The summed E-state index contributed by atoms with van der Waals surface area (Å²) in [5, 5.41) is 101. The molecule has 5 rings (SSSR count). The van der Waals surface area contributed by atoms with Gasteiger partial charge in [0, 0.05) is 17.7 Å². The highest BCUT2D eigenvalue weighted by atomic mass is 16.7. The standard InChI is InChI=1S/C27H30O16/c1-8-17(31)20(34)23(37)26(40-8)39-7-15-18(32)21(35)24(38)27(43-15)42-14-6-10(28)5-13-16(14)19(33)22(36)25(41-13)9-2-3-11(29)12(30)4-9/h2-6,8,15,17-18,20-21,23-24,26-32,34-38H,7H2,1H3/t8-,15+,17-,18+,20+,21-,23+,24+,26+,27+/m0/s1. The summed E-state index contributed by atoms with van der Waals surface area (Å²) in [4.78, 5) is 13.2. The van der Waals surface area contributed by atoms with Crippen LogP contribution >= 0.6 is 0 Å². The highest BCUT2D eigenvalue weighted by Gasteiger charge is 2.47. The third-order valence-electron chi connectivity index (χ3n) is 7.30. The van der Waals surface area contributed by atoms with Crippen molar-refractivity contribution in [2.75, 3.05) is 6.61 Å². The molecule has 2 aromatic carbocycles. The quantitative estimate of drug-likeness (QED) is 0.140. The van der Waals surface area contributed by atoms with Crippen molar-refractivity contribution in [1.29, 1.82) is 0 Å². The topological polar surface area (TPSA) is 269 Å². The summed E-state index contributed by atoms with van der Waals surface area (Å²) < 4.78 is 27.6. The molecule has 3 aromatic rings. The Hall–Kier alpha value is -3.71. The maximum atomic E-state index is 13.2. The number of ether oxygens (including phenoxy) is 4. The predicted molar refractivity (Wildman–Crippen MR) is 140 cm³/mol. The van der Waals surface area contributed by atoms with Gasteiger partial charge < -0.3 is 74.4 Å². The van der Waals surface area contributed by atoms with Gasteiger partial charge in [-0.25, -0.2) is 0 Å². The van der Waals surface area contributed by atoms with Crippen molar-refractivity contribution in [3.05, 3.63) is 40.6 Å². The lowest BCUT2D eigenvalue weighted by molar-refractivity contribution is -0.318. The molecular formula is C27H30O16. The second-order valence-corrected chi connectivity index (χ2v) is 10.3. The number of rotatable bonds is 6. The van der Waals surface area contributed by atoms with Crippen molar-refractivity contribution < 1.29 is 74.4 Å². The first-order chi connectivity index (χ1) is 20.3. The molecule has 2 aliphatic rings. The molecule has 2 saturated heterocycles. The van der Waals surface area contributed by atoms with Gasteiger partial charge in [0.15, 0.2) is 23.5 Å². The van der Waals surface area contributed by atoms with Gasteiger partial charge in [-0.05, 0) is 25.1 Å². The maximum absolute atomic E-state index is 13.2. The maximum Gasteiger partial charge on any atom is 0.238 e. The molecule has 2 fully saturated rings. The Labute approximate surface area is 241 Å². The summed E-state index contributed by atoms with van der Waals surface area (Å²) >= 11 is 0. The fourth-order valence-corrected chi connectivity index (χ4v) is 4.83. The number of phenols is 3. The molecule has 10 atom stereocenters. The third-order valence-corrected chi connectivity index (χ3v) is 7.30. The number of hydrogen-bond donors (Lipinski definition) is 10. The first-order valence-corrected chi connectivity index (χ1v) is 13.0. The van der Waals surface area contributed by atoms with Gasteiger partial charge in [0.2, 0.25) is 17.5 Å². The molecule has 234 valence electrons. The van der Waals surface area contributed by atoms with E-state index in [1.807, 2.05) is 0 Å². The monoisotopic (exact) mass is 610 g/mol. The van der Waals surface area contributed by atoms with Crippen LogP contribution in [-0.4, -0.2) is 119 Å². The lowest BCUT2D eigenvalue weighted by Gasteiger charge is -2.42. The molecule has 1 aromatic heterocycles. The second-order valence-electron chi connectivity index (χ2n) is 10.3. The van der Waals surface area contributed by atoms with E-state index in [4.69, 9.17) is 23.4 Å². The molecule has 10 N–H and O–H groups in total. The Kier molecular flexibility index (Phi) is 8.41. The van der Waals surface area contributed by atoms with E-state index < -0.39 is 113 Å². The largest absolute Gasteiger partial charge is 0.508 e. The van der Waals surface area contributed by atoms with Crippen LogP contribution in [0.3, 0.4) is 0 Å². The molecule has 43 heavy (non-hydrogen) atoms. The van der Waals surface area contributed by atoms with Crippen LogP contribution in [0.4, 0.5) is 0 Å². The summed E-state index contributed by atoms with van der Waals surface area (Å²) in [6.45, 7) is 0.853. The molecule has 0 radical (unpaired) electrons. The fraction of sp³-hybridized carbons (Fsp3) is 0.444. The van der Waals surface area contributed by atoms with Gasteiger partial charge in [-0.3, -0.25) is 4.79 Å². The van der Waals surface area contributed by atoms with Gasteiger partial charge in [-0.1, -0.05) is 0 Å². The van der Waals surface area contributed by atoms with Gasteiger partial charge in [-0.15, -0.1) is 0 Å². The number of aliphatic hydroxyl groups excluding tert-OH is 6. The Bertz CT molecular complexity index is 1540.